The molecule has 2 heterocycles. The van der Waals surface area contributed by atoms with Crippen LogP contribution in [0, 0.1) is 0 Å². The molecule has 27 heavy (non-hydrogen) atoms. The van der Waals surface area contributed by atoms with Crippen molar-refractivity contribution in [2.75, 3.05) is 7.11 Å². The number of carbonyl (C=O) groups excluding carboxylic acids is 1. The standard InChI is InChI=1S/C21H20N2O3S/c1-4-16(21(24)25-3)18-13-27-20-9-8-15(11-17(18)20)12-26-23-14(2)19-7-5-6-10-22-19/h4-11,13H,12H2,1-3H3. The SMILES string of the molecule is CC=C(C(=O)OC)c1csc2ccc(CON=C(C)c3ccccn3)cc12. The molecule has 0 bridgehead atoms. The Kier molecular flexibility index (Phi) is 5.98. The number of carbonyl (C=O) groups is 1. The third-order valence-electron chi connectivity index (χ3n) is 4.09. The van der Waals surface area contributed by atoms with Gasteiger partial charge in [0.15, 0.2) is 0 Å². The third-order valence-corrected chi connectivity index (χ3v) is 5.05. The molecule has 0 unspecified atom stereocenters. The monoisotopic (exact) mass is 380 g/mol. The number of ether oxygens (including phenoxy) is 1. The van der Waals surface area contributed by atoms with E-state index in [0.29, 0.717) is 12.2 Å². The average Bonchev–Trinajstić information content (AvgIpc) is 3.12. The summed E-state index contributed by atoms with van der Waals surface area (Å²) in [6.07, 6.45) is 3.50. The number of esters is 1. The highest BCUT2D eigenvalue weighted by molar-refractivity contribution is 7.17. The van der Waals surface area contributed by atoms with Gasteiger partial charge in [-0.25, -0.2) is 4.79 Å². The van der Waals surface area contributed by atoms with E-state index in [1.165, 1.54) is 7.11 Å². The molecule has 0 saturated heterocycles. The molecule has 1 aromatic carbocycles. The summed E-state index contributed by atoms with van der Waals surface area (Å²) in [4.78, 5) is 21.8. The number of thiophene rings is 1. The predicted octanol–water partition coefficient (Wildman–Crippen LogP) is 4.81. The van der Waals surface area contributed by atoms with E-state index in [2.05, 4.69) is 10.1 Å². The van der Waals surface area contributed by atoms with Crippen molar-refractivity contribution in [2.24, 2.45) is 5.16 Å². The van der Waals surface area contributed by atoms with Gasteiger partial charge in [0.25, 0.3) is 0 Å². The number of allylic oxidation sites excluding steroid dienone is 1. The van der Waals surface area contributed by atoms with Crippen LogP contribution in [0.2, 0.25) is 0 Å². The Morgan fingerprint density at radius 3 is 2.85 bits per heavy atom. The van der Waals surface area contributed by atoms with Gasteiger partial charge in [0.05, 0.1) is 18.4 Å². The summed E-state index contributed by atoms with van der Waals surface area (Å²) in [5, 5.41) is 7.13. The molecule has 3 aromatic rings. The number of hydrogen-bond donors (Lipinski definition) is 0. The van der Waals surface area contributed by atoms with Gasteiger partial charge in [0.2, 0.25) is 0 Å². The fourth-order valence-corrected chi connectivity index (χ4v) is 3.64. The molecule has 6 heteroatoms. The lowest BCUT2D eigenvalue weighted by Crippen LogP contribution is -2.03. The molecular weight excluding hydrogens is 360 g/mol. The highest BCUT2D eigenvalue weighted by atomic mass is 32.1. The largest absolute Gasteiger partial charge is 0.465 e. The number of fused-ring (bicyclic) bond motifs is 1. The lowest BCUT2D eigenvalue weighted by Gasteiger charge is -2.06. The molecule has 0 N–H and O–H groups in total. The molecule has 0 aliphatic rings. The van der Waals surface area contributed by atoms with E-state index in [4.69, 9.17) is 9.57 Å². The molecule has 0 fully saturated rings. The molecule has 0 amide bonds. The lowest BCUT2D eigenvalue weighted by atomic mass is 10.0. The molecule has 0 saturated carbocycles. The topological polar surface area (TPSA) is 60.8 Å². The van der Waals surface area contributed by atoms with Crippen LogP contribution >= 0.6 is 11.3 Å². The quantitative estimate of drug-likeness (QED) is 0.266. The summed E-state index contributed by atoms with van der Waals surface area (Å²) >= 11 is 1.60. The fourth-order valence-electron chi connectivity index (χ4n) is 2.70. The molecule has 3 rings (SSSR count). The smallest absolute Gasteiger partial charge is 0.338 e. The summed E-state index contributed by atoms with van der Waals surface area (Å²) in [6, 6.07) is 11.7. The number of pyridine rings is 1. The first-order valence-corrected chi connectivity index (χ1v) is 9.35. The minimum Gasteiger partial charge on any atom is -0.465 e. The number of benzene rings is 1. The Balaban J connectivity index is 1.80. The maximum atomic E-state index is 12.0. The molecule has 5 nitrogen and oxygen atoms in total. The molecule has 0 spiro atoms. The number of hydrogen-bond acceptors (Lipinski definition) is 6. The van der Waals surface area contributed by atoms with E-state index in [1.807, 2.05) is 55.6 Å². The second-order valence-electron chi connectivity index (χ2n) is 5.84. The van der Waals surface area contributed by atoms with Gasteiger partial charge in [0, 0.05) is 27.2 Å². The van der Waals surface area contributed by atoms with E-state index in [1.54, 1.807) is 23.6 Å². The number of rotatable bonds is 6. The van der Waals surface area contributed by atoms with Gasteiger partial charge in [0.1, 0.15) is 12.3 Å². The highest BCUT2D eigenvalue weighted by Crippen LogP contribution is 2.32. The van der Waals surface area contributed by atoms with Crippen LogP contribution in [0.3, 0.4) is 0 Å². The summed E-state index contributed by atoms with van der Waals surface area (Å²) in [7, 11) is 1.39. The second-order valence-corrected chi connectivity index (χ2v) is 6.75. The zero-order valence-electron chi connectivity index (χ0n) is 15.4. The van der Waals surface area contributed by atoms with Gasteiger partial charge >= 0.3 is 5.97 Å². The number of nitrogens with zero attached hydrogens (tertiary/aromatic N) is 2. The van der Waals surface area contributed by atoms with Crippen LogP contribution in [-0.4, -0.2) is 23.8 Å². The van der Waals surface area contributed by atoms with E-state index >= 15 is 0 Å². The Morgan fingerprint density at radius 1 is 1.30 bits per heavy atom. The summed E-state index contributed by atoms with van der Waals surface area (Å²) < 4.78 is 5.99. The summed E-state index contributed by atoms with van der Waals surface area (Å²) in [5.74, 6) is -0.338. The number of methoxy groups -OCH3 is 1. The van der Waals surface area contributed by atoms with Crippen molar-refractivity contribution < 1.29 is 14.4 Å². The van der Waals surface area contributed by atoms with Crippen LogP contribution in [0.5, 0.6) is 0 Å². The zero-order valence-corrected chi connectivity index (χ0v) is 16.2. The summed E-state index contributed by atoms with van der Waals surface area (Å²) in [6.45, 7) is 4.02. The van der Waals surface area contributed by atoms with Crippen LogP contribution in [0.4, 0.5) is 0 Å². The van der Waals surface area contributed by atoms with Crippen LogP contribution in [0.1, 0.15) is 30.7 Å². The molecule has 0 aliphatic heterocycles. The molecular formula is C21H20N2O3S. The van der Waals surface area contributed by atoms with Crippen LogP contribution in [0.25, 0.3) is 15.7 Å². The van der Waals surface area contributed by atoms with Gasteiger partial charge in [-0.15, -0.1) is 11.3 Å². The van der Waals surface area contributed by atoms with E-state index in [-0.39, 0.29) is 5.97 Å². The molecule has 0 aliphatic carbocycles. The van der Waals surface area contributed by atoms with Crippen LogP contribution in [0.15, 0.2) is 59.2 Å². The average molecular weight is 380 g/mol. The Hall–Kier alpha value is -2.99. The maximum Gasteiger partial charge on any atom is 0.338 e. The molecule has 2 aromatic heterocycles. The van der Waals surface area contributed by atoms with Crippen molar-refractivity contribution >= 4 is 38.7 Å². The van der Waals surface area contributed by atoms with Gasteiger partial charge < -0.3 is 9.57 Å². The Morgan fingerprint density at radius 2 is 2.15 bits per heavy atom. The van der Waals surface area contributed by atoms with Gasteiger partial charge in [-0.2, -0.15) is 0 Å². The van der Waals surface area contributed by atoms with Crippen molar-refractivity contribution in [3.63, 3.8) is 0 Å². The normalized spacial score (nSPS) is 12.3. The Bertz CT molecular complexity index is 1010. The van der Waals surface area contributed by atoms with Gasteiger partial charge in [-0.3, -0.25) is 4.98 Å². The fraction of sp³-hybridized carbons (Fsp3) is 0.190. The second kappa shape index (κ2) is 8.60. The van der Waals surface area contributed by atoms with Crippen LogP contribution in [-0.2, 0) is 21.0 Å². The van der Waals surface area contributed by atoms with Crippen molar-refractivity contribution in [3.05, 3.63) is 70.9 Å². The minimum atomic E-state index is -0.338. The first kappa shape index (κ1) is 18.8. The van der Waals surface area contributed by atoms with E-state index in [0.717, 1.165) is 32.6 Å². The highest BCUT2D eigenvalue weighted by Gasteiger charge is 2.16. The van der Waals surface area contributed by atoms with Crippen molar-refractivity contribution in [2.45, 2.75) is 20.5 Å². The first-order chi connectivity index (χ1) is 13.1. The van der Waals surface area contributed by atoms with Crippen molar-refractivity contribution in [3.8, 4) is 0 Å². The zero-order chi connectivity index (χ0) is 19.2. The number of aromatic nitrogens is 1. The third kappa shape index (κ3) is 4.23. The van der Waals surface area contributed by atoms with E-state index in [9.17, 15) is 4.79 Å². The van der Waals surface area contributed by atoms with Gasteiger partial charge in [-0.05, 0) is 43.7 Å². The first-order valence-electron chi connectivity index (χ1n) is 8.47. The summed E-state index contributed by atoms with van der Waals surface area (Å²) in [5.41, 5.74) is 3.91. The van der Waals surface area contributed by atoms with Crippen molar-refractivity contribution in [1.82, 2.24) is 4.98 Å². The predicted molar refractivity (Wildman–Crippen MR) is 109 cm³/mol. The molecule has 0 radical (unpaired) electrons. The minimum absolute atomic E-state index is 0.332. The molecule has 138 valence electrons. The van der Waals surface area contributed by atoms with E-state index < -0.39 is 0 Å². The lowest BCUT2D eigenvalue weighted by molar-refractivity contribution is -0.133. The maximum absolute atomic E-state index is 12.0. The number of oxime groups is 1. The van der Waals surface area contributed by atoms with Crippen molar-refractivity contribution in [1.29, 1.82) is 0 Å². The Labute approximate surface area is 161 Å². The van der Waals surface area contributed by atoms with Crippen LogP contribution < -0.4 is 0 Å². The molecule has 0 atom stereocenters. The van der Waals surface area contributed by atoms with Gasteiger partial charge in [-0.1, -0.05) is 23.4 Å².